The number of hydrogen-bond acceptors (Lipinski definition) is 3. The molecule has 1 N–H and O–H groups in total. The summed E-state index contributed by atoms with van der Waals surface area (Å²) >= 11 is 1.91. The quantitative estimate of drug-likeness (QED) is 0.868. The molecule has 0 amide bonds. The van der Waals surface area contributed by atoms with Crippen LogP contribution in [0.1, 0.15) is 36.1 Å². The van der Waals surface area contributed by atoms with E-state index in [9.17, 15) is 0 Å². The van der Waals surface area contributed by atoms with E-state index < -0.39 is 0 Å². The first kappa shape index (κ1) is 11.7. The van der Waals surface area contributed by atoms with E-state index in [-0.39, 0.29) is 0 Å². The zero-order valence-corrected chi connectivity index (χ0v) is 11.5. The van der Waals surface area contributed by atoms with E-state index in [4.69, 9.17) is 0 Å². The Bertz CT molecular complexity index is 379. The summed E-state index contributed by atoms with van der Waals surface area (Å²) in [7, 11) is 0. The lowest BCUT2D eigenvalue weighted by Crippen LogP contribution is -2.58. The minimum absolute atomic E-state index is 0.462. The summed E-state index contributed by atoms with van der Waals surface area (Å²) in [6, 6.07) is 2.24. The Morgan fingerprint density at radius 2 is 2.24 bits per heavy atom. The topological polar surface area (TPSA) is 15.3 Å². The molecule has 1 aromatic heterocycles. The van der Waals surface area contributed by atoms with Gasteiger partial charge in [0.25, 0.3) is 0 Å². The fourth-order valence-electron chi connectivity index (χ4n) is 3.33. The lowest BCUT2D eigenvalue weighted by Gasteiger charge is -2.41. The first-order valence-electron chi connectivity index (χ1n) is 6.78. The van der Waals surface area contributed by atoms with E-state index in [1.54, 1.807) is 4.88 Å². The van der Waals surface area contributed by atoms with Gasteiger partial charge in [0.1, 0.15) is 0 Å². The van der Waals surface area contributed by atoms with E-state index >= 15 is 0 Å². The third-order valence-corrected chi connectivity index (χ3v) is 5.36. The molecule has 1 aliphatic carbocycles. The van der Waals surface area contributed by atoms with Gasteiger partial charge < -0.3 is 5.32 Å². The van der Waals surface area contributed by atoms with Crippen LogP contribution in [0.2, 0.25) is 0 Å². The van der Waals surface area contributed by atoms with Crippen molar-refractivity contribution in [1.82, 2.24) is 10.2 Å². The number of thiophene rings is 1. The highest BCUT2D eigenvalue weighted by molar-refractivity contribution is 7.10. The van der Waals surface area contributed by atoms with Crippen molar-refractivity contribution >= 4 is 11.3 Å². The van der Waals surface area contributed by atoms with Gasteiger partial charge in [0.15, 0.2) is 0 Å². The molecule has 1 aromatic rings. The molecule has 0 aromatic carbocycles. The number of rotatable bonds is 2. The SMILES string of the molecule is Cc1ccsc1CN1CCNC2(CCCC2)C1. The number of aryl methyl sites for hydroxylation is 1. The first-order valence-corrected chi connectivity index (χ1v) is 7.66. The Hall–Kier alpha value is -0.380. The van der Waals surface area contributed by atoms with Gasteiger partial charge in [0.2, 0.25) is 0 Å². The standard InChI is InChI=1S/C14H22N2S/c1-12-4-9-17-13(12)10-16-8-7-15-14(11-16)5-2-3-6-14/h4,9,15H,2-3,5-8,10-11H2,1H3. The third-order valence-electron chi connectivity index (χ3n) is 4.35. The molecule has 2 aliphatic rings. The van der Waals surface area contributed by atoms with Gasteiger partial charge in [-0.3, -0.25) is 4.90 Å². The van der Waals surface area contributed by atoms with Gasteiger partial charge in [-0.2, -0.15) is 0 Å². The van der Waals surface area contributed by atoms with Gasteiger partial charge in [-0.1, -0.05) is 12.8 Å². The monoisotopic (exact) mass is 250 g/mol. The van der Waals surface area contributed by atoms with Crippen molar-refractivity contribution in [2.24, 2.45) is 0 Å². The molecule has 2 nitrogen and oxygen atoms in total. The van der Waals surface area contributed by atoms with E-state index in [0.29, 0.717) is 5.54 Å². The van der Waals surface area contributed by atoms with Gasteiger partial charge in [-0.25, -0.2) is 0 Å². The lowest BCUT2D eigenvalue weighted by molar-refractivity contribution is 0.129. The molecular weight excluding hydrogens is 228 g/mol. The van der Waals surface area contributed by atoms with Crippen molar-refractivity contribution in [2.75, 3.05) is 19.6 Å². The summed E-state index contributed by atoms with van der Waals surface area (Å²) in [5.74, 6) is 0. The molecule has 1 spiro atoms. The van der Waals surface area contributed by atoms with E-state index in [0.717, 1.165) is 6.54 Å². The second kappa shape index (κ2) is 4.71. The summed E-state index contributed by atoms with van der Waals surface area (Å²) in [6.45, 7) is 7.03. The van der Waals surface area contributed by atoms with Crippen molar-refractivity contribution < 1.29 is 0 Å². The molecule has 17 heavy (non-hydrogen) atoms. The predicted molar refractivity (Wildman–Crippen MR) is 73.5 cm³/mol. The van der Waals surface area contributed by atoms with Crippen LogP contribution >= 0.6 is 11.3 Å². The van der Waals surface area contributed by atoms with Crippen LogP contribution in [0.4, 0.5) is 0 Å². The average Bonchev–Trinajstić information content (AvgIpc) is 2.91. The summed E-state index contributed by atoms with van der Waals surface area (Å²) < 4.78 is 0. The molecule has 2 fully saturated rings. The zero-order valence-electron chi connectivity index (χ0n) is 10.7. The Kier molecular flexibility index (Phi) is 3.24. The van der Waals surface area contributed by atoms with Crippen molar-refractivity contribution in [3.8, 4) is 0 Å². The molecule has 1 saturated carbocycles. The minimum atomic E-state index is 0.462. The fourth-order valence-corrected chi connectivity index (χ4v) is 4.28. The average molecular weight is 250 g/mol. The van der Waals surface area contributed by atoms with Crippen molar-refractivity contribution in [1.29, 1.82) is 0 Å². The van der Waals surface area contributed by atoms with Crippen LogP contribution in [0.15, 0.2) is 11.4 Å². The maximum Gasteiger partial charge on any atom is 0.0331 e. The normalized spacial score (nSPS) is 24.5. The van der Waals surface area contributed by atoms with Crippen LogP contribution < -0.4 is 5.32 Å². The molecule has 1 aliphatic heterocycles. The number of nitrogens with zero attached hydrogens (tertiary/aromatic N) is 1. The molecule has 94 valence electrons. The largest absolute Gasteiger partial charge is 0.309 e. The van der Waals surface area contributed by atoms with Crippen molar-refractivity contribution in [2.45, 2.75) is 44.7 Å². The van der Waals surface area contributed by atoms with Gasteiger partial charge >= 0.3 is 0 Å². The van der Waals surface area contributed by atoms with Crippen LogP contribution in [0, 0.1) is 6.92 Å². The summed E-state index contributed by atoms with van der Waals surface area (Å²) in [5, 5.41) is 6.00. The molecule has 3 rings (SSSR count). The molecular formula is C14H22N2S. The third kappa shape index (κ3) is 2.42. The minimum Gasteiger partial charge on any atom is -0.309 e. The maximum absolute atomic E-state index is 3.78. The van der Waals surface area contributed by atoms with Crippen molar-refractivity contribution in [3.63, 3.8) is 0 Å². The number of nitrogens with one attached hydrogen (secondary N) is 1. The zero-order chi connectivity index (χ0) is 11.7. The highest BCUT2D eigenvalue weighted by Gasteiger charge is 2.37. The van der Waals surface area contributed by atoms with E-state index in [1.165, 1.54) is 50.9 Å². The molecule has 0 unspecified atom stereocenters. The van der Waals surface area contributed by atoms with Gasteiger partial charge in [-0.15, -0.1) is 11.3 Å². The second-order valence-electron chi connectivity index (χ2n) is 5.65. The van der Waals surface area contributed by atoms with E-state index in [2.05, 4.69) is 28.6 Å². The molecule has 0 atom stereocenters. The van der Waals surface area contributed by atoms with Crippen LogP contribution in [-0.2, 0) is 6.54 Å². The highest BCUT2D eigenvalue weighted by atomic mass is 32.1. The van der Waals surface area contributed by atoms with E-state index in [1.807, 2.05) is 11.3 Å². The maximum atomic E-state index is 3.78. The van der Waals surface area contributed by atoms with Crippen LogP contribution in [0.5, 0.6) is 0 Å². The van der Waals surface area contributed by atoms with Gasteiger partial charge in [0.05, 0.1) is 0 Å². The summed E-state index contributed by atoms with van der Waals surface area (Å²) in [4.78, 5) is 4.21. The van der Waals surface area contributed by atoms with Crippen LogP contribution in [0.3, 0.4) is 0 Å². The van der Waals surface area contributed by atoms with Gasteiger partial charge in [-0.05, 0) is 36.8 Å². The Balaban J connectivity index is 1.66. The summed E-state index contributed by atoms with van der Waals surface area (Å²) in [5.41, 5.74) is 1.93. The number of piperazine rings is 1. The van der Waals surface area contributed by atoms with Crippen molar-refractivity contribution in [3.05, 3.63) is 21.9 Å². The molecule has 3 heteroatoms. The molecule has 1 saturated heterocycles. The van der Waals surface area contributed by atoms with Gasteiger partial charge in [0, 0.05) is 36.6 Å². The predicted octanol–water partition coefficient (Wildman–Crippen LogP) is 2.77. The smallest absolute Gasteiger partial charge is 0.0331 e. The molecule has 0 radical (unpaired) electrons. The summed E-state index contributed by atoms with van der Waals surface area (Å²) in [6.07, 6.45) is 5.59. The fraction of sp³-hybridized carbons (Fsp3) is 0.714. The lowest BCUT2D eigenvalue weighted by atomic mass is 9.94. The molecule has 0 bridgehead atoms. The Morgan fingerprint density at radius 1 is 1.41 bits per heavy atom. The van der Waals surface area contributed by atoms with Crippen LogP contribution in [0.25, 0.3) is 0 Å². The first-order chi connectivity index (χ1) is 8.27. The highest BCUT2D eigenvalue weighted by Crippen LogP contribution is 2.32. The molecule has 2 heterocycles. The van der Waals surface area contributed by atoms with Crippen LogP contribution in [-0.4, -0.2) is 30.1 Å². The Labute approximate surface area is 108 Å². The second-order valence-corrected chi connectivity index (χ2v) is 6.65. The number of hydrogen-bond donors (Lipinski definition) is 1. The Morgan fingerprint density at radius 3 is 2.94 bits per heavy atom.